The highest BCUT2D eigenvalue weighted by Crippen LogP contribution is 2.18. The van der Waals surface area contributed by atoms with Crippen LogP contribution in [0.2, 0.25) is 0 Å². The topological polar surface area (TPSA) is 0 Å². The lowest BCUT2D eigenvalue weighted by Crippen LogP contribution is -1.82. The fraction of sp³-hybridized carbons (Fsp3) is 0.385. The van der Waals surface area contributed by atoms with Crippen LogP contribution in [0.3, 0.4) is 0 Å². The highest BCUT2D eigenvalue weighted by atomic mass is 14.0. The molecule has 13 heavy (non-hydrogen) atoms. The van der Waals surface area contributed by atoms with Gasteiger partial charge < -0.3 is 0 Å². The molecule has 0 nitrogen and oxygen atoms in total. The molecule has 0 heteroatoms. The van der Waals surface area contributed by atoms with Gasteiger partial charge in [0, 0.05) is 0 Å². The van der Waals surface area contributed by atoms with Crippen molar-refractivity contribution in [3.8, 4) is 0 Å². The third-order valence-corrected chi connectivity index (χ3v) is 1.89. The molecule has 0 saturated carbocycles. The normalized spacial score (nSPS) is 21.2. The molecule has 0 radical (unpaired) electrons. The van der Waals surface area contributed by atoms with E-state index in [9.17, 15) is 0 Å². The molecule has 0 saturated heterocycles. The van der Waals surface area contributed by atoms with Crippen LogP contribution >= 0.6 is 0 Å². The summed E-state index contributed by atoms with van der Waals surface area (Å²) in [5, 5.41) is 0. The zero-order valence-corrected chi connectivity index (χ0v) is 9.17. The molecular formula is C13H20. The Hall–Kier alpha value is -1.04. The lowest BCUT2D eigenvalue weighted by atomic mass is 10.0. The standard InChI is InChI=1S/C11H14.C2H6/c1-3-10-8-6-5-7-9-11(10)4-2;1-2/h3-8H,9H2,1-2H3;1-2H3/b10-3-,11-4-;. The number of rotatable bonds is 0. The molecular weight excluding hydrogens is 156 g/mol. The summed E-state index contributed by atoms with van der Waals surface area (Å²) in [4.78, 5) is 0. The van der Waals surface area contributed by atoms with E-state index in [1.165, 1.54) is 11.1 Å². The fourth-order valence-electron chi connectivity index (χ4n) is 1.22. The maximum absolute atomic E-state index is 2.18. The van der Waals surface area contributed by atoms with Gasteiger partial charge in [-0.15, -0.1) is 0 Å². The maximum atomic E-state index is 2.18. The van der Waals surface area contributed by atoms with Crippen molar-refractivity contribution in [1.29, 1.82) is 0 Å². The summed E-state index contributed by atoms with van der Waals surface area (Å²) in [5.74, 6) is 0. The Morgan fingerprint density at radius 3 is 2.31 bits per heavy atom. The Kier molecular flexibility index (Phi) is 6.99. The van der Waals surface area contributed by atoms with Crippen molar-refractivity contribution in [3.63, 3.8) is 0 Å². The minimum Gasteiger partial charge on any atom is -0.0835 e. The monoisotopic (exact) mass is 176 g/mol. The van der Waals surface area contributed by atoms with Crippen molar-refractivity contribution in [2.24, 2.45) is 0 Å². The first-order valence-electron chi connectivity index (χ1n) is 5.03. The molecule has 0 fully saturated rings. The number of allylic oxidation sites excluding steroid dienone is 8. The first-order chi connectivity index (χ1) is 6.38. The van der Waals surface area contributed by atoms with Gasteiger partial charge >= 0.3 is 0 Å². The Bertz CT molecular complexity index is 237. The summed E-state index contributed by atoms with van der Waals surface area (Å²) >= 11 is 0. The smallest absolute Gasteiger partial charge is 0.00918 e. The Morgan fingerprint density at radius 2 is 1.77 bits per heavy atom. The molecule has 0 aromatic carbocycles. The second kappa shape index (κ2) is 7.60. The van der Waals surface area contributed by atoms with Gasteiger partial charge in [0.2, 0.25) is 0 Å². The van der Waals surface area contributed by atoms with Crippen LogP contribution in [0, 0.1) is 0 Å². The summed E-state index contributed by atoms with van der Waals surface area (Å²) in [6, 6.07) is 0. The molecule has 0 unspecified atom stereocenters. The molecule has 0 aromatic heterocycles. The predicted octanol–water partition coefficient (Wildman–Crippen LogP) is 4.42. The molecule has 1 aliphatic carbocycles. The molecule has 0 N–H and O–H groups in total. The van der Waals surface area contributed by atoms with Gasteiger partial charge in [0.1, 0.15) is 0 Å². The van der Waals surface area contributed by atoms with Crippen molar-refractivity contribution in [1.82, 2.24) is 0 Å². The predicted molar refractivity (Wildman–Crippen MR) is 61.8 cm³/mol. The molecule has 0 spiro atoms. The van der Waals surface area contributed by atoms with E-state index in [0.717, 1.165) is 6.42 Å². The van der Waals surface area contributed by atoms with E-state index in [-0.39, 0.29) is 0 Å². The Balaban J connectivity index is 0.000000671. The van der Waals surface area contributed by atoms with Crippen LogP contribution in [0.15, 0.2) is 47.6 Å². The minimum absolute atomic E-state index is 1.06. The van der Waals surface area contributed by atoms with E-state index >= 15 is 0 Å². The van der Waals surface area contributed by atoms with Crippen LogP contribution in [-0.4, -0.2) is 0 Å². The molecule has 1 aliphatic rings. The second-order valence-corrected chi connectivity index (χ2v) is 2.55. The first-order valence-corrected chi connectivity index (χ1v) is 5.03. The van der Waals surface area contributed by atoms with Gasteiger partial charge in [-0.1, -0.05) is 50.3 Å². The summed E-state index contributed by atoms with van der Waals surface area (Å²) in [6.45, 7) is 8.17. The van der Waals surface area contributed by atoms with E-state index in [2.05, 4.69) is 50.3 Å². The molecule has 72 valence electrons. The van der Waals surface area contributed by atoms with E-state index in [4.69, 9.17) is 0 Å². The molecule has 0 amide bonds. The molecule has 0 aliphatic heterocycles. The summed E-state index contributed by atoms with van der Waals surface area (Å²) < 4.78 is 0. The highest BCUT2D eigenvalue weighted by molar-refractivity contribution is 5.43. The van der Waals surface area contributed by atoms with Crippen molar-refractivity contribution in [3.05, 3.63) is 47.6 Å². The second-order valence-electron chi connectivity index (χ2n) is 2.55. The average molecular weight is 176 g/mol. The van der Waals surface area contributed by atoms with Crippen molar-refractivity contribution in [2.75, 3.05) is 0 Å². The summed E-state index contributed by atoms with van der Waals surface area (Å²) in [5.41, 5.74) is 2.76. The van der Waals surface area contributed by atoms with Gasteiger partial charge in [-0.3, -0.25) is 0 Å². The Labute approximate surface area is 82.4 Å². The van der Waals surface area contributed by atoms with Crippen LogP contribution < -0.4 is 0 Å². The van der Waals surface area contributed by atoms with E-state index in [1.54, 1.807) is 0 Å². The van der Waals surface area contributed by atoms with Gasteiger partial charge in [0.15, 0.2) is 0 Å². The largest absolute Gasteiger partial charge is 0.0835 e. The lowest BCUT2D eigenvalue weighted by Gasteiger charge is -2.01. The van der Waals surface area contributed by atoms with Crippen molar-refractivity contribution < 1.29 is 0 Å². The maximum Gasteiger partial charge on any atom is -0.00918 e. The van der Waals surface area contributed by atoms with Gasteiger partial charge in [0.05, 0.1) is 0 Å². The van der Waals surface area contributed by atoms with Crippen molar-refractivity contribution in [2.45, 2.75) is 34.1 Å². The molecule has 0 bridgehead atoms. The van der Waals surface area contributed by atoms with Crippen LogP contribution in [-0.2, 0) is 0 Å². The first kappa shape index (κ1) is 12.0. The molecule has 0 aromatic rings. The quantitative estimate of drug-likeness (QED) is 0.512. The molecule has 0 atom stereocenters. The molecule has 1 rings (SSSR count). The summed E-state index contributed by atoms with van der Waals surface area (Å²) in [6.07, 6.45) is 13.9. The van der Waals surface area contributed by atoms with E-state index in [0.29, 0.717) is 0 Å². The fourth-order valence-corrected chi connectivity index (χ4v) is 1.22. The van der Waals surface area contributed by atoms with Gasteiger partial charge in [-0.25, -0.2) is 0 Å². The van der Waals surface area contributed by atoms with Gasteiger partial charge in [0.25, 0.3) is 0 Å². The summed E-state index contributed by atoms with van der Waals surface area (Å²) in [7, 11) is 0. The van der Waals surface area contributed by atoms with Crippen molar-refractivity contribution >= 4 is 0 Å². The van der Waals surface area contributed by atoms with E-state index < -0.39 is 0 Å². The van der Waals surface area contributed by atoms with Gasteiger partial charge in [-0.2, -0.15) is 0 Å². The Morgan fingerprint density at radius 1 is 1.08 bits per heavy atom. The molecule has 0 heterocycles. The van der Waals surface area contributed by atoms with E-state index in [1.807, 2.05) is 13.8 Å². The van der Waals surface area contributed by atoms with Crippen LogP contribution in [0.25, 0.3) is 0 Å². The van der Waals surface area contributed by atoms with Gasteiger partial charge in [-0.05, 0) is 31.4 Å². The number of hydrogen-bond donors (Lipinski definition) is 0. The SMILES string of the molecule is C/C=C1/C=CC=CC/C1=C/C.CC. The zero-order chi connectivity index (χ0) is 10.1. The average Bonchev–Trinajstić information content (AvgIpc) is 2.44. The van der Waals surface area contributed by atoms with Crippen LogP contribution in [0.5, 0.6) is 0 Å². The third kappa shape index (κ3) is 3.93. The lowest BCUT2D eigenvalue weighted by molar-refractivity contribution is 1.24. The van der Waals surface area contributed by atoms with Crippen LogP contribution in [0.1, 0.15) is 34.1 Å². The highest BCUT2D eigenvalue weighted by Gasteiger charge is 1.98. The number of hydrogen-bond acceptors (Lipinski definition) is 0. The third-order valence-electron chi connectivity index (χ3n) is 1.89. The van der Waals surface area contributed by atoms with Crippen LogP contribution in [0.4, 0.5) is 0 Å². The zero-order valence-electron chi connectivity index (χ0n) is 9.17. The minimum atomic E-state index is 1.06.